The molecule has 0 fully saturated rings. The van der Waals surface area contributed by atoms with Gasteiger partial charge in [0.05, 0.1) is 6.26 Å². The third-order valence-electron chi connectivity index (χ3n) is 2.48. The maximum Gasteiger partial charge on any atom is 0.197 e. The minimum absolute atomic E-state index is 0.195. The monoisotopic (exact) mass is 298 g/mol. The molecule has 2 rings (SSSR count). The van der Waals surface area contributed by atoms with Gasteiger partial charge in [0.15, 0.2) is 5.22 Å². The van der Waals surface area contributed by atoms with Gasteiger partial charge < -0.3 is 4.42 Å². The van der Waals surface area contributed by atoms with Gasteiger partial charge in [-0.25, -0.2) is 0 Å². The van der Waals surface area contributed by atoms with E-state index in [0.717, 1.165) is 12.0 Å². The minimum Gasteiger partial charge on any atom is -0.453 e. The molecule has 3 heteroatoms. The third kappa shape index (κ3) is 2.69. The highest BCUT2D eigenvalue weighted by Gasteiger charge is 2.14. The number of halogens is 2. The van der Waals surface area contributed by atoms with Gasteiger partial charge in [-0.3, -0.25) is 0 Å². The van der Waals surface area contributed by atoms with Crippen molar-refractivity contribution in [1.82, 2.24) is 0 Å². The molecule has 1 heterocycles. The molecule has 0 saturated carbocycles. The van der Waals surface area contributed by atoms with E-state index in [4.69, 9.17) is 16.0 Å². The summed E-state index contributed by atoms with van der Waals surface area (Å²) < 4.78 is 5.08. The maximum absolute atomic E-state index is 5.94. The standard InChI is InChI=1S/C13H12BrClO/c1-9-3-2-4-10(7-9)8-12(14)11-5-6-16-13(11)15/h2-7,12H,8H2,1H3. The number of hydrogen-bond acceptors (Lipinski definition) is 1. The quantitative estimate of drug-likeness (QED) is 0.733. The summed E-state index contributed by atoms with van der Waals surface area (Å²) in [6.45, 7) is 2.09. The largest absolute Gasteiger partial charge is 0.453 e. The molecule has 0 aliphatic carbocycles. The highest BCUT2D eigenvalue weighted by molar-refractivity contribution is 9.09. The highest BCUT2D eigenvalue weighted by Crippen LogP contribution is 2.33. The Bertz CT molecular complexity index is 478. The molecular weight excluding hydrogens is 287 g/mol. The van der Waals surface area contributed by atoms with Crippen molar-refractivity contribution in [3.05, 3.63) is 58.5 Å². The summed E-state index contributed by atoms with van der Waals surface area (Å²) >= 11 is 9.57. The zero-order valence-electron chi connectivity index (χ0n) is 8.91. The SMILES string of the molecule is Cc1cccc(CC(Br)c2ccoc2Cl)c1. The topological polar surface area (TPSA) is 13.1 Å². The van der Waals surface area contributed by atoms with Crippen LogP contribution in [0.15, 0.2) is 41.0 Å². The molecule has 0 radical (unpaired) electrons. The van der Waals surface area contributed by atoms with Crippen molar-refractivity contribution in [2.75, 3.05) is 0 Å². The molecule has 1 unspecified atom stereocenters. The first-order valence-electron chi connectivity index (χ1n) is 5.09. The minimum atomic E-state index is 0.195. The van der Waals surface area contributed by atoms with Crippen molar-refractivity contribution in [1.29, 1.82) is 0 Å². The van der Waals surface area contributed by atoms with Crippen LogP contribution in [0.5, 0.6) is 0 Å². The van der Waals surface area contributed by atoms with Crippen molar-refractivity contribution in [2.24, 2.45) is 0 Å². The lowest BCUT2D eigenvalue weighted by Gasteiger charge is -2.08. The fraction of sp³-hybridized carbons (Fsp3) is 0.231. The molecule has 0 aliphatic rings. The van der Waals surface area contributed by atoms with E-state index in [1.165, 1.54) is 11.1 Å². The van der Waals surface area contributed by atoms with Gasteiger partial charge in [0.1, 0.15) is 0 Å². The van der Waals surface area contributed by atoms with Crippen molar-refractivity contribution >= 4 is 27.5 Å². The van der Waals surface area contributed by atoms with Crippen molar-refractivity contribution in [2.45, 2.75) is 18.2 Å². The van der Waals surface area contributed by atoms with Crippen LogP contribution in [0.4, 0.5) is 0 Å². The lowest BCUT2D eigenvalue weighted by molar-refractivity contribution is 0.565. The van der Waals surface area contributed by atoms with Crippen LogP contribution < -0.4 is 0 Å². The second-order valence-corrected chi connectivity index (χ2v) is 5.26. The van der Waals surface area contributed by atoms with Crippen molar-refractivity contribution in [3.8, 4) is 0 Å². The third-order valence-corrected chi connectivity index (χ3v) is 3.61. The lowest BCUT2D eigenvalue weighted by Crippen LogP contribution is -1.94. The number of furan rings is 1. The summed E-state index contributed by atoms with van der Waals surface area (Å²) in [7, 11) is 0. The Morgan fingerprint density at radius 1 is 1.38 bits per heavy atom. The average molecular weight is 300 g/mol. The first kappa shape index (κ1) is 11.7. The maximum atomic E-state index is 5.94. The van der Waals surface area contributed by atoms with Gasteiger partial charge >= 0.3 is 0 Å². The van der Waals surface area contributed by atoms with Crippen molar-refractivity contribution < 1.29 is 4.42 Å². The van der Waals surface area contributed by atoms with E-state index in [1.807, 2.05) is 6.07 Å². The van der Waals surface area contributed by atoms with Crippen LogP contribution in [0.25, 0.3) is 0 Å². The summed E-state index contributed by atoms with van der Waals surface area (Å²) in [4.78, 5) is 0.195. The van der Waals surface area contributed by atoms with Crippen LogP contribution in [-0.2, 0) is 6.42 Å². The van der Waals surface area contributed by atoms with Crippen LogP contribution in [0.3, 0.4) is 0 Å². The van der Waals surface area contributed by atoms with Gasteiger partial charge in [0.25, 0.3) is 0 Å². The fourth-order valence-electron chi connectivity index (χ4n) is 1.68. The number of hydrogen-bond donors (Lipinski definition) is 0. The second-order valence-electron chi connectivity index (χ2n) is 3.81. The first-order chi connectivity index (χ1) is 7.66. The van der Waals surface area contributed by atoms with Gasteiger partial charge in [-0.05, 0) is 36.6 Å². The number of benzene rings is 1. The van der Waals surface area contributed by atoms with E-state index in [1.54, 1.807) is 6.26 Å². The Labute approximate surface area is 109 Å². The molecule has 0 N–H and O–H groups in total. The summed E-state index contributed by atoms with van der Waals surface area (Å²) in [6, 6.07) is 10.4. The Morgan fingerprint density at radius 2 is 2.19 bits per heavy atom. The van der Waals surface area contributed by atoms with Crippen LogP contribution in [0.1, 0.15) is 21.5 Å². The van der Waals surface area contributed by atoms with E-state index >= 15 is 0 Å². The van der Waals surface area contributed by atoms with E-state index in [-0.39, 0.29) is 4.83 Å². The molecule has 0 spiro atoms. The van der Waals surface area contributed by atoms with E-state index < -0.39 is 0 Å². The smallest absolute Gasteiger partial charge is 0.197 e. The van der Waals surface area contributed by atoms with E-state index in [2.05, 4.69) is 47.1 Å². The lowest BCUT2D eigenvalue weighted by atomic mass is 10.0. The van der Waals surface area contributed by atoms with Gasteiger partial charge in [-0.1, -0.05) is 45.8 Å². The summed E-state index contributed by atoms with van der Waals surface area (Å²) in [5, 5.41) is 0.467. The molecule has 16 heavy (non-hydrogen) atoms. The fourth-order valence-corrected chi connectivity index (χ4v) is 2.80. The Morgan fingerprint density at radius 3 is 2.81 bits per heavy atom. The highest BCUT2D eigenvalue weighted by atomic mass is 79.9. The molecule has 0 saturated heterocycles. The molecule has 0 amide bonds. The molecule has 1 aromatic carbocycles. The van der Waals surface area contributed by atoms with Gasteiger partial charge in [-0.2, -0.15) is 0 Å². The zero-order valence-corrected chi connectivity index (χ0v) is 11.3. The second kappa shape index (κ2) is 5.07. The van der Waals surface area contributed by atoms with Crippen LogP contribution in [0.2, 0.25) is 5.22 Å². The molecule has 1 nitrogen and oxygen atoms in total. The normalized spacial score (nSPS) is 12.7. The molecule has 1 atom stereocenters. The predicted molar refractivity (Wildman–Crippen MR) is 70.3 cm³/mol. The predicted octanol–water partition coefficient (Wildman–Crippen LogP) is 4.92. The molecular formula is C13H12BrClO. The summed E-state index contributed by atoms with van der Waals surface area (Å²) in [5.41, 5.74) is 3.57. The number of alkyl halides is 1. The van der Waals surface area contributed by atoms with Crippen molar-refractivity contribution in [3.63, 3.8) is 0 Å². The van der Waals surface area contributed by atoms with Gasteiger partial charge in [0.2, 0.25) is 0 Å². The molecule has 2 aromatic rings. The van der Waals surface area contributed by atoms with Crippen LogP contribution in [0, 0.1) is 6.92 Å². The number of aryl methyl sites for hydroxylation is 1. The van der Waals surface area contributed by atoms with E-state index in [9.17, 15) is 0 Å². The molecule has 0 bridgehead atoms. The molecule has 0 aliphatic heterocycles. The molecule has 84 valence electrons. The zero-order chi connectivity index (χ0) is 11.5. The molecule has 1 aromatic heterocycles. The number of rotatable bonds is 3. The average Bonchev–Trinajstić information content (AvgIpc) is 2.64. The van der Waals surface area contributed by atoms with E-state index in [0.29, 0.717) is 5.22 Å². The van der Waals surface area contributed by atoms with Crippen LogP contribution >= 0.6 is 27.5 Å². The Balaban J connectivity index is 2.14. The van der Waals surface area contributed by atoms with Gasteiger partial charge in [0, 0.05) is 10.4 Å². The Kier molecular flexibility index (Phi) is 3.72. The van der Waals surface area contributed by atoms with Crippen LogP contribution in [-0.4, -0.2) is 0 Å². The summed E-state index contributed by atoms with van der Waals surface area (Å²) in [6.07, 6.45) is 2.52. The van der Waals surface area contributed by atoms with Gasteiger partial charge in [-0.15, -0.1) is 0 Å². The Hall–Kier alpha value is -0.730. The summed E-state index contributed by atoms with van der Waals surface area (Å²) in [5.74, 6) is 0. The first-order valence-corrected chi connectivity index (χ1v) is 6.38.